The SMILES string of the molecule is Cc1cc(-c2nc(C3SCCSC3C)no2)c(N)s1. The summed E-state index contributed by atoms with van der Waals surface area (Å²) in [4.78, 5) is 5.70. The number of thioether (sulfide) groups is 2. The molecule has 2 atom stereocenters. The molecule has 1 aliphatic rings. The monoisotopic (exact) mass is 313 g/mol. The van der Waals surface area contributed by atoms with Crippen LogP contribution >= 0.6 is 34.9 Å². The maximum atomic E-state index is 5.97. The lowest BCUT2D eigenvalue weighted by Crippen LogP contribution is -2.16. The summed E-state index contributed by atoms with van der Waals surface area (Å²) in [5, 5.41) is 5.72. The van der Waals surface area contributed by atoms with E-state index in [1.165, 1.54) is 5.75 Å². The van der Waals surface area contributed by atoms with E-state index < -0.39 is 0 Å². The van der Waals surface area contributed by atoms with Crippen LogP contribution in [-0.2, 0) is 0 Å². The standard InChI is InChI=1S/C12H15N3OS3/c1-6-5-8(10(13)19-6)12-14-11(15-16-12)9-7(2)17-3-4-18-9/h5,7,9H,3-4,13H2,1-2H3. The first-order valence-corrected chi connectivity index (χ1v) is 8.99. The minimum absolute atomic E-state index is 0.317. The van der Waals surface area contributed by atoms with Crippen molar-refractivity contribution in [2.24, 2.45) is 0 Å². The van der Waals surface area contributed by atoms with Gasteiger partial charge in [-0.15, -0.1) is 23.1 Å². The Morgan fingerprint density at radius 1 is 1.37 bits per heavy atom. The van der Waals surface area contributed by atoms with Gasteiger partial charge in [0.15, 0.2) is 5.82 Å². The molecule has 4 nitrogen and oxygen atoms in total. The Hall–Kier alpha value is -0.660. The molecular weight excluding hydrogens is 298 g/mol. The van der Waals surface area contributed by atoms with Gasteiger partial charge in [-0.05, 0) is 13.0 Å². The van der Waals surface area contributed by atoms with Gasteiger partial charge < -0.3 is 10.3 Å². The van der Waals surface area contributed by atoms with Crippen LogP contribution in [0.1, 0.15) is 22.9 Å². The van der Waals surface area contributed by atoms with Crippen molar-refractivity contribution in [3.63, 3.8) is 0 Å². The zero-order valence-electron chi connectivity index (χ0n) is 10.8. The first-order chi connectivity index (χ1) is 9.15. The largest absolute Gasteiger partial charge is 0.390 e. The predicted octanol–water partition coefficient (Wildman–Crippen LogP) is 3.60. The van der Waals surface area contributed by atoms with Crippen LogP contribution in [0.3, 0.4) is 0 Å². The third-order valence-electron chi connectivity index (χ3n) is 3.00. The zero-order chi connectivity index (χ0) is 13.4. The quantitative estimate of drug-likeness (QED) is 0.914. The van der Waals surface area contributed by atoms with Gasteiger partial charge in [-0.2, -0.15) is 16.7 Å². The van der Waals surface area contributed by atoms with Gasteiger partial charge in [-0.25, -0.2) is 0 Å². The van der Waals surface area contributed by atoms with Gasteiger partial charge >= 0.3 is 0 Å². The minimum Gasteiger partial charge on any atom is -0.390 e. The number of aromatic nitrogens is 2. The van der Waals surface area contributed by atoms with E-state index in [0.29, 0.717) is 16.4 Å². The molecule has 0 aromatic carbocycles. The lowest BCUT2D eigenvalue weighted by atomic mass is 10.3. The van der Waals surface area contributed by atoms with Crippen LogP contribution in [-0.4, -0.2) is 26.9 Å². The van der Waals surface area contributed by atoms with Crippen LogP contribution < -0.4 is 5.73 Å². The highest BCUT2D eigenvalue weighted by atomic mass is 32.2. The predicted molar refractivity (Wildman–Crippen MR) is 83.9 cm³/mol. The van der Waals surface area contributed by atoms with Gasteiger partial charge in [0.25, 0.3) is 5.89 Å². The molecule has 19 heavy (non-hydrogen) atoms. The first-order valence-electron chi connectivity index (χ1n) is 6.08. The Morgan fingerprint density at radius 3 is 2.84 bits per heavy atom. The number of nitrogen functional groups attached to an aromatic ring is 1. The van der Waals surface area contributed by atoms with E-state index in [0.717, 1.165) is 27.0 Å². The van der Waals surface area contributed by atoms with Crippen molar-refractivity contribution < 1.29 is 4.52 Å². The molecule has 3 heterocycles. The highest BCUT2D eigenvalue weighted by Crippen LogP contribution is 2.42. The van der Waals surface area contributed by atoms with Crippen LogP contribution in [0.25, 0.3) is 11.5 Å². The molecule has 102 valence electrons. The van der Waals surface area contributed by atoms with Crippen LogP contribution in [0.15, 0.2) is 10.6 Å². The third kappa shape index (κ3) is 2.64. The Balaban J connectivity index is 1.88. The van der Waals surface area contributed by atoms with Crippen molar-refractivity contribution >= 4 is 39.9 Å². The molecule has 0 bridgehead atoms. The number of nitrogens with zero attached hydrogens (tertiary/aromatic N) is 2. The molecule has 0 aliphatic carbocycles. The summed E-state index contributed by atoms with van der Waals surface area (Å²) in [5.74, 6) is 3.68. The van der Waals surface area contributed by atoms with Gasteiger partial charge in [0.2, 0.25) is 0 Å². The van der Waals surface area contributed by atoms with Crippen molar-refractivity contribution in [3.8, 4) is 11.5 Å². The average molecular weight is 313 g/mol. The summed E-state index contributed by atoms with van der Waals surface area (Å²) in [6, 6.07) is 2.00. The fourth-order valence-corrected chi connectivity index (χ4v) is 5.53. The zero-order valence-corrected chi connectivity index (χ0v) is 13.2. The molecule has 2 aromatic rings. The summed E-state index contributed by atoms with van der Waals surface area (Å²) in [6.07, 6.45) is 0. The molecule has 0 radical (unpaired) electrons. The van der Waals surface area contributed by atoms with Crippen LogP contribution in [0.4, 0.5) is 5.00 Å². The second-order valence-electron chi connectivity index (χ2n) is 4.46. The molecule has 7 heteroatoms. The van der Waals surface area contributed by atoms with E-state index in [-0.39, 0.29) is 0 Å². The smallest absolute Gasteiger partial charge is 0.260 e. The maximum Gasteiger partial charge on any atom is 0.260 e. The normalized spacial score (nSPS) is 23.7. The van der Waals surface area contributed by atoms with Crippen molar-refractivity contribution in [3.05, 3.63) is 16.8 Å². The molecular formula is C12H15N3OS3. The average Bonchev–Trinajstić information content (AvgIpc) is 2.96. The van der Waals surface area contributed by atoms with E-state index in [4.69, 9.17) is 10.3 Å². The van der Waals surface area contributed by atoms with Crippen LogP contribution in [0.2, 0.25) is 0 Å². The lowest BCUT2D eigenvalue weighted by molar-refractivity contribution is 0.422. The fraction of sp³-hybridized carbons (Fsp3) is 0.500. The highest BCUT2D eigenvalue weighted by Gasteiger charge is 2.29. The summed E-state index contributed by atoms with van der Waals surface area (Å²) < 4.78 is 5.39. The minimum atomic E-state index is 0.317. The van der Waals surface area contributed by atoms with Gasteiger partial charge in [0.05, 0.1) is 15.8 Å². The molecule has 2 aromatic heterocycles. The number of thiophene rings is 1. The molecule has 1 aliphatic heterocycles. The van der Waals surface area contributed by atoms with Gasteiger partial charge in [-0.1, -0.05) is 12.1 Å². The fourth-order valence-electron chi connectivity index (χ4n) is 2.08. The van der Waals surface area contributed by atoms with E-state index in [1.807, 2.05) is 36.5 Å². The maximum absolute atomic E-state index is 5.97. The molecule has 0 saturated carbocycles. The van der Waals surface area contributed by atoms with Crippen molar-refractivity contribution in [2.75, 3.05) is 17.2 Å². The topological polar surface area (TPSA) is 64.9 Å². The molecule has 0 amide bonds. The van der Waals surface area contributed by atoms with Gasteiger partial charge in [0.1, 0.15) is 0 Å². The Bertz CT molecular complexity index is 581. The molecule has 2 unspecified atom stereocenters. The van der Waals surface area contributed by atoms with E-state index in [9.17, 15) is 0 Å². The summed E-state index contributed by atoms with van der Waals surface area (Å²) in [6.45, 7) is 4.25. The number of hydrogen-bond donors (Lipinski definition) is 1. The number of rotatable bonds is 2. The number of nitrogens with two attached hydrogens (primary N) is 1. The van der Waals surface area contributed by atoms with Gasteiger partial charge in [-0.3, -0.25) is 0 Å². The van der Waals surface area contributed by atoms with Crippen molar-refractivity contribution in [1.29, 1.82) is 0 Å². The highest BCUT2D eigenvalue weighted by molar-refractivity contribution is 8.06. The van der Waals surface area contributed by atoms with Crippen molar-refractivity contribution in [1.82, 2.24) is 10.1 Å². The second-order valence-corrected chi connectivity index (χ2v) is 8.48. The van der Waals surface area contributed by atoms with E-state index >= 15 is 0 Å². The van der Waals surface area contributed by atoms with Gasteiger partial charge in [0, 0.05) is 21.6 Å². The second kappa shape index (κ2) is 5.38. The Kier molecular flexibility index (Phi) is 3.77. The summed E-state index contributed by atoms with van der Waals surface area (Å²) >= 11 is 5.43. The Labute approximate surface area is 124 Å². The molecule has 2 N–H and O–H groups in total. The number of hydrogen-bond acceptors (Lipinski definition) is 7. The van der Waals surface area contributed by atoms with Crippen LogP contribution in [0, 0.1) is 6.92 Å². The van der Waals surface area contributed by atoms with E-state index in [2.05, 4.69) is 17.1 Å². The van der Waals surface area contributed by atoms with Crippen molar-refractivity contribution in [2.45, 2.75) is 24.3 Å². The van der Waals surface area contributed by atoms with Crippen LogP contribution in [0.5, 0.6) is 0 Å². The molecule has 1 saturated heterocycles. The molecule has 3 rings (SSSR count). The Morgan fingerprint density at radius 2 is 2.16 bits per heavy atom. The third-order valence-corrected chi connectivity index (χ3v) is 6.96. The molecule has 1 fully saturated rings. The number of aryl methyl sites for hydroxylation is 1. The number of anilines is 1. The lowest BCUT2D eigenvalue weighted by Gasteiger charge is -2.24. The van der Waals surface area contributed by atoms with E-state index in [1.54, 1.807) is 11.3 Å². The summed E-state index contributed by atoms with van der Waals surface area (Å²) in [7, 11) is 0. The summed E-state index contributed by atoms with van der Waals surface area (Å²) in [5.41, 5.74) is 6.83. The first kappa shape index (κ1) is 13.3. The molecule has 0 spiro atoms.